The van der Waals surface area contributed by atoms with Crippen molar-refractivity contribution in [2.75, 3.05) is 7.11 Å². The molecule has 1 heterocycles. The van der Waals surface area contributed by atoms with Crippen LogP contribution < -0.4 is 5.32 Å². The molecule has 1 amide bonds. The van der Waals surface area contributed by atoms with Crippen LogP contribution in [0.15, 0.2) is 24.0 Å². The average Bonchev–Trinajstić information content (AvgIpc) is 3.26. The number of carbonyl (C=O) groups excluding carboxylic acids is 2. The molecule has 2 N–H and O–H groups in total. The van der Waals surface area contributed by atoms with E-state index in [1.54, 1.807) is 19.3 Å². The van der Waals surface area contributed by atoms with Gasteiger partial charge in [-0.25, -0.2) is 9.78 Å². The lowest BCUT2D eigenvalue weighted by atomic mass is 9.82. The number of hydrogen-bond acceptors (Lipinski definition) is 4. The van der Waals surface area contributed by atoms with Crippen molar-refractivity contribution < 1.29 is 14.3 Å². The summed E-state index contributed by atoms with van der Waals surface area (Å²) in [5.74, 6) is 1.09. The van der Waals surface area contributed by atoms with Gasteiger partial charge in [0.25, 0.3) is 0 Å². The quantitative estimate of drug-likeness (QED) is 0.708. The van der Waals surface area contributed by atoms with E-state index in [0.29, 0.717) is 17.9 Å². The summed E-state index contributed by atoms with van der Waals surface area (Å²) in [5.41, 5.74) is 0.661. The van der Waals surface area contributed by atoms with Crippen molar-refractivity contribution in [1.29, 1.82) is 0 Å². The third kappa shape index (κ3) is 4.71. The van der Waals surface area contributed by atoms with Gasteiger partial charge in [-0.1, -0.05) is 32.8 Å². The van der Waals surface area contributed by atoms with Gasteiger partial charge in [0, 0.05) is 42.8 Å². The van der Waals surface area contributed by atoms with Crippen LogP contribution in [0, 0.1) is 11.8 Å². The molecule has 1 aromatic heterocycles. The average molecular weight is 347 g/mol. The second-order valence-corrected chi connectivity index (χ2v) is 6.77. The van der Waals surface area contributed by atoms with Crippen molar-refractivity contribution >= 4 is 11.9 Å². The number of esters is 1. The molecule has 1 aliphatic rings. The maximum atomic E-state index is 12.0. The van der Waals surface area contributed by atoms with Gasteiger partial charge in [0.15, 0.2) is 0 Å². The van der Waals surface area contributed by atoms with Crippen molar-refractivity contribution in [1.82, 2.24) is 15.3 Å². The minimum atomic E-state index is -0.303. The van der Waals surface area contributed by atoms with Gasteiger partial charge < -0.3 is 15.0 Å². The Balaban J connectivity index is 2.32. The van der Waals surface area contributed by atoms with Crippen molar-refractivity contribution in [2.45, 2.75) is 58.4 Å². The van der Waals surface area contributed by atoms with Crippen LogP contribution in [0.5, 0.6) is 0 Å². The zero-order valence-corrected chi connectivity index (χ0v) is 15.5. The van der Waals surface area contributed by atoms with Gasteiger partial charge in [-0.3, -0.25) is 4.79 Å². The monoisotopic (exact) mass is 347 g/mol. The number of H-pyrrole nitrogens is 1. The number of methoxy groups -OCH3 is 1. The normalized spacial score (nSPS) is 21.1. The van der Waals surface area contributed by atoms with Gasteiger partial charge in [-0.15, -0.1) is 0 Å². The van der Waals surface area contributed by atoms with Gasteiger partial charge in [0.2, 0.25) is 5.91 Å². The lowest BCUT2D eigenvalue weighted by Crippen LogP contribution is -2.41. The molecule has 25 heavy (non-hydrogen) atoms. The largest absolute Gasteiger partial charge is 0.466 e. The Morgan fingerprint density at radius 1 is 1.40 bits per heavy atom. The highest BCUT2D eigenvalue weighted by atomic mass is 16.5. The number of carbonyl (C=O) groups is 2. The molecule has 138 valence electrons. The van der Waals surface area contributed by atoms with Gasteiger partial charge in [0.1, 0.15) is 5.82 Å². The maximum absolute atomic E-state index is 12.0. The molecule has 1 aliphatic carbocycles. The van der Waals surface area contributed by atoms with Crippen LogP contribution in [0.4, 0.5) is 0 Å². The van der Waals surface area contributed by atoms with Crippen LogP contribution in [0.2, 0.25) is 0 Å². The minimum absolute atomic E-state index is 0.0183. The second kappa shape index (κ2) is 8.83. The summed E-state index contributed by atoms with van der Waals surface area (Å²) in [5, 5.41) is 3.11. The molecule has 0 bridgehead atoms. The first-order chi connectivity index (χ1) is 12.0. The molecule has 0 saturated heterocycles. The number of hydrogen-bond donors (Lipinski definition) is 2. The summed E-state index contributed by atoms with van der Waals surface area (Å²) >= 11 is 0. The van der Waals surface area contributed by atoms with E-state index in [1.165, 1.54) is 7.11 Å². The Morgan fingerprint density at radius 3 is 2.64 bits per heavy atom. The molecular formula is C19H29N3O3. The second-order valence-electron chi connectivity index (χ2n) is 6.77. The lowest BCUT2D eigenvalue weighted by Gasteiger charge is -2.30. The molecule has 2 rings (SSSR count). The molecule has 1 aromatic rings. The molecule has 0 unspecified atom stereocenters. The number of ether oxygens (including phenoxy) is 1. The zero-order chi connectivity index (χ0) is 18.4. The Kier molecular flexibility index (Phi) is 6.79. The first kappa shape index (κ1) is 19.2. The molecule has 0 radical (unpaired) electrons. The molecule has 0 saturated carbocycles. The number of aromatic nitrogens is 2. The van der Waals surface area contributed by atoms with E-state index < -0.39 is 0 Å². The number of nitrogens with zero attached hydrogens (tertiary/aromatic N) is 1. The van der Waals surface area contributed by atoms with E-state index >= 15 is 0 Å². The molecule has 3 atom stereocenters. The summed E-state index contributed by atoms with van der Waals surface area (Å²) in [6.07, 6.45) is 9.08. The SMILES string of the molecule is CCC(CC)C[C@H](NC(C)=O)[C@@H]1C=C(C(=O)OC)C[C@H]1c1ncc[nH]1. The molecule has 0 aliphatic heterocycles. The maximum Gasteiger partial charge on any atom is 0.333 e. The standard InChI is InChI=1S/C19H29N3O3/c1-5-13(6-2)9-17(22-12(3)23)15-10-14(19(24)25-4)11-16(15)18-20-7-8-21-18/h7-8,10,13,15-17H,5-6,9,11H2,1-4H3,(H,20,21)(H,22,23)/t15-,16-,17+/m1/s1. The third-order valence-corrected chi connectivity index (χ3v) is 5.21. The van der Waals surface area contributed by atoms with Crippen LogP contribution in [0.3, 0.4) is 0 Å². The zero-order valence-electron chi connectivity index (χ0n) is 15.5. The van der Waals surface area contributed by atoms with E-state index in [0.717, 1.165) is 25.1 Å². The van der Waals surface area contributed by atoms with Crippen molar-refractivity contribution in [3.63, 3.8) is 0 Å². The lowest BCUT2D eigenvalue weighted by molar-refractivity contribution is -0.136. The Bertz CT molecular complexity index is 605. The first-order valence-electron chi connectivity index (χ1n) is 9.05. The number of nitrogens with one attached hydrogen (secondary N) is 2. The Hall–Kier alpha value is -2.11. The minimum Gasteiger partial charge on any atom is -0.466 e. The van der Waals surface area contributed by atoms with E-state index in [4.69, 9.17) is 4.74 Å². The highest BCUT2D eigenvalue weighted by Gasteiger charge is 2.39. The molecular weight excluding hydrogens is 318 g/mol. The number of aromatic amines is 1. The molecule has 6 nitrogen and oxygen atoms in total. The third-order valence-electron chi connectivity index (χ3n) is 5.21. The summed E-state index contributed by atoms with van der Waals surface area (Å²) < 4.78 is 4.91. The first-order valence-corrected chi connectivity index (χ1v) is 9.05. The molecule has 0 aromatic carbocycles. The van der Waals surface area contributed by atoms with Crippen molar-refractivity contribution in [2.24, 2.45) is 11.8 Å². The predicted octanol–water partition coefficient (Wildman–Crippen LogP) is 2.94. The number of amides is 1. The highest BCUT2D eigenvalue weighted by molar-refractivity contribution is 5.89. The van der Waals surface area contributed by atoms with Gasteiger partial charge >= 0.3 is 5.97 Å². The summed E-state index contributed by atoms with van der Waals surface area (Å²) in [4.78, 5) is 31.4. The van der Waals surface area contributed by atoms with E-state index in [-0.39, 0.29) is 29.8 Å². The van der Waals surface area contributed by atoms with Crippen molar-refractivity contribution in [3.05, 3.63) is 29.9 Å². The fraction of sp³-hybridized carbons (Fsp3) is 0.632. The number of rotatable bonds is 8. The summed E-state index contributed by atoms with van der Waals surface area (Å²) in [6, 6.07) is -0.0281. The van der Waals surface area contributed by atoms with E-state index in [9.17, 15) is 9.59 Å². The van der Waals surface area contributed by atoms with Crippen molar-refractivity contribution in [3.8, 4) is 0 Å². The van der Waals surface area contributed by atoms with Crippen LogP contribution >= 0.6 is 0 Å². The van der Waals surface area contributed by atoms with Crippen LogP contribution in [-0.2, 0) is 14.3 Å². The van der Waals surface area contributed by atoms with Crippen LogP contribution in [-0.4, -0.2) is 35.0 Å². The Labute approximate surface area is 149 Å². The van der Waals surface area contributed by atoms with E-state index in [2.05, 4.69) is 29.1 Å². The Morgan fingerprint density at radius 2 is 2.12 bits per heavy atom. The van der Waals surface area contributed by atoms with Gasteiger partial charge in [0.05, 0.1) is 7.11 Å². The topological polar surface area (TPSA) is 84.1 Å². The smallest absolute Gasteiger partial charge is 0.333 e. The predicted molar refractivity (Wildman–Crippen MR) is 95.8 cm³/mol. The fourth-order valence-electron chi connectivity index (χ4n) is 3.78. The van der Waals surface area contributed by atoms with Gasteiger partial charge in [-0.05, 0) is 18.8 Å². The highest BCUT2D eigenvalue weighted by Crippen LogP contribution is 2.41. The molecule has 6 heteroatoms. The van der Waals surface area contributed by atoms with Crippen LogP contribution in [0.25, 0.3) is 0 Å². The molecule has 0 fully saturated rings. The fourth-order valence-corrected chi connectivity index (χ4v) is 3.78. The van der Waals surface area contributed by atoms with Gasteiger partial charge in [-0.2, -0.15) is 0 Å². The summed E-state index contributed by atoms with van der Waals surface area (Å²) in [7, 11) is 1.40. The van der Waals surface area contributed by atoms with E-state index in [1.807, 2.05) is 6.08 Å². The molecule has 0 spiro atoms. The van der Waals surface area contributed by atoms with Crippen LogP contribution in [0.1, 0.15) is 58.2 Å². The summed E-state index contributed by atoms with van der Waals surface area (Å²) in [6.45, 7) is 5.89. The number of imidazole rings is 1.